The fourth-order valence-corrected chi connectivity index (χ4v) is 2.27. The highest BCUT2D eigenvalue weighted by atomic mass is 35.5. The zero-order valence-corrected chi connectivity index (χ0v) is 13.4. The number of furan rings is 1. The number of anilines is 1. The van der Waals surface area contributed by atoms with E-state index in [4.69, 9.17) is 16.0 Å². The Morgan fingerprint density at radius 2 is 1.54 bits per heavy atom. The van der Waals surface area contributed by atoms with Crippen LogP contribution in [0.5, 0.6) is 0 Å². The Morgan fingerprint density at radius 3 is 2.19 bits per heavy atom. The molecular formula is C17H8ClF5N2O. The molecule has 3 rings (SSSR count). The fourth-order valence-electron chi connectivity index (χ4n) is 2.08. The van der Waals surface area contributed by atoms with E-state index in [2.05, 4.69) is 5.10 Å². The summed E-state index contributed by atoms with van der Waals surface area (Å²) in [5.41, 5.74) is 1.21. The van der Waals surface area contributed by atoms with Crippen LogP contribution in [0.15, 0.2) is 45.9 Å². The highest BCUT2D eigenvalue weighted by Crippen LogP contribution is 2.27. The normalized spacial score (nSPS) is 11.3. The molecule has 0 amide bonds. The number of nitrogens with one attached hydrogen (secondary N) is 1. The lowest BCUT2D eigenvalue weighted by atomic mass is 10.2. The van der Waals surface area contributed by atoms with Crippen molar-refractivity contribution in [2.24, 2.45) is 5.10 Å². The second-order valence-corrected chi connectivity index (χ2v) is 5.46. The van der Waals surface area contributed by atoms with E-state index in [9.17, 15) is 22.0 Å². The molecule has 0 radical (unpaired) electrons. The summed E-state index contributed by atoms with van der Waals surface area (Å²) in [7, 11) is 0. The maximum absolute atomic E-state index is 13.5. The molecule has 0 aliphatic rings. The van der Waals surface area contributed by atoms with E-state index in [-0.39, 0.29) is 5.76 Å². The standard InChI is InChI=1S/C17H8ClF5N2O/c18-9-3-1-2-8(6-9)11-5-4-10(26-11)7-24-25-17-15(22)13(20)12(19)14(21)16(17)23/h1-7,25H/b24-7+. The number of benzene rings is 2. The van der Waals surface area contributed by atoms with E-state index < -0.39 is 34.8 Å². The molecule has 9 heteroatoms. The number of rotatable bonds is 4. The molecule has 0 spiro atoms. The van der Waals surface area contributed by atoms with Gasteiger partial charge >= 0.3 is 0 Å². The Hall–Kier alpha value is -2.87. The predicted molar refractivity (Wildman–Crippen MR) is 86.6 cm³/mol. The fraction of sp³-hybridized carbons (Fsp3) is 0. The second-order valence-electron chi connectivity index (χ2n) is 5.03. The summed E-state index contributed by atoms with van der Waals surface area (Å²) in [5, 5.41) is 3.94. The first-order valence-corrected chi connectivity index (χ1v) is 7.42. The quantitative estimate of drug-likeness (QED) is 0.204. The van der Waals surface area contributed by atoms with Gasteiger partial charge in [-0.2, -0.15) is 5.10 Å². The third-order valence-electron chi connectivity index (χ3n) is 3.31. The minimum Gasteiger partial charge on any atom is -0.455 e. The van der Waals surface area contributed by atoms with Crippen LogP contribution in [0.4, 0.5) is 27.6 Å². The topological polar surface area (TPSA) is 37.5 Å². The van der Waals surface area contributed by atoms with Gasteiger partial charge in [-0.15, -0.1) is 0 Å². The van der Waals surface area contributed by atoms with Crippen LogP contribution in [0.25, 0.3) is 11.3 Å². The monoisotopic (exact) mass is 386 g/mol. The molecule has 3 aromatic rings. The lowest BCUT2D eigenvalue weighted by Crippen LogP contribution is -2.06. The average Bonchev–Trinajstić information content (AvgIpc) is 3.10. The zero-order chi connectivity index (χ0) is 18.8. The largest absolute Gasteiger partial charge is 0.455 e. The Labute approximate surface area is 148 Å². The molecule has 0 atom stereocenters. The van der Waals surface area contributed by atoms with E-state index >= 15 is 0 Å². The summed E-state index contributed by atoms with van der Waals surface area (Å²) >= 11 is 5.88. The van der Waals surface area contributed by atoms with Gasteiger partial charge in [0, 0.05) is 10.6 Å². The lowest BCUT2D eigenvalue weighted by molar-refractivity contribution is 0.381. The van der Waals surface area contributed by atoms with Gasteiger partial charge in [0.25, 0.3) is 0 Å². The van der Waals surface area contributed by atoms with Gasteiger partial charge in [0.2, 0.25) is 5.82 Å². The Bertz CT molecular complexity index is 974. The van der Waals surface area contributed by atoms with Gasteiger partial charge in [-0.05, 0) is 24.3 Å². The van der Waals surface area contributed by atoms with Crippen molar-refractivity contribution in [3.8, 4) is 11.3 Å². The molecule has 2 aromatic carbocycles. The van der Waals surface area contributed by atoms with Crippen molar-refractivity contribution in [1.82, 2.24) is 0 Å². The number of hydrazone groups is 1. The van der Waals surface area contributed by atoms with Gasteiger partial charge in [0.05, 0.1) is 6.21 Å². The van der Waals surface area contributed by atoms with Crippen molar-refractivity contribution in [3.05, 3.63) is 76.3 Å². The van der Waals surface area contributed by atoms with Gasteiger partial charge in [0.1, 0.15) is 17.2 Å². The van der Waals surface area contributed by atoms with Crippen LogP contribution in [0.1, 0.15) is 5.76 Å². The van der Waals surface area contributed by atoms with Crippen molar-refractivity contribution in [3.63, 3.8) is 0 Å². The first-order valence-electron chi connectivity index (χ1n) is 7.04. The molecule has 1 aromatic heterocycles. The van der Waals surface area contributed by atoms with Crippen LogP contribution in [0.3, 0.4) is 0 Å². The first-order chi connectivity index (χ1) is 12.4. The summed E-state index contributed by atoms with van der Waals surface area (Å²) < 4.78 is 71.6. The maximum Gasteiger partial charge on any atom is 0.200 e. The van der Waals surface area contributed by atoms with Crippen LogP contribution in [-0.4, -0.2) is 6.21 Å². The molecule has 0 fully saturated rings. The molecular weight excluding hydrogens is 379 g/mol. The van der Waals surface area contributed by atoms with Gasteiger partial charge < -0.3 is 4.42 Å². The highest BCUT2D eigenvalue weighted by molar-refractivity contribution is 6.30. The van der Waals surface area contributed by atoms with Crippen molar-refractivity contribution in [2.75, 3.05) is 5.43 Å². The SMILES string of the molecule is Fc1c(F)c(F)c(N/N=C/c2ccc(-c3cccc(Cl)c3)o2)c(F)c1F. The van der Waals surface area contributed by atoms with Crippen molar-refractivity contribution in [2.45, 2.75) is 0 Å². The molecule has 1 heterocycles. The van der Waals surface area contributed by atoms with Crippen LogP contribution in [0.2, 0.25) is 5.02 Å². The highest BCUT2D eigenvalue weighted by Gasteiger charge is 2.25. The van der Waals surface area contributed by atoms with Crippen molar-refractivity contribution in [1.29, 1.82) is 0 Å². The number of hydrogen-bond acceptors (Lipinski definition) is 3. The maximum atomic E-state index is 13.5. The van der Waals surface area contributed by atoms with Crippen LogP contribution in [0, 0.1) is 29.1 Å². The van der Waals surface area contributed by atoms with E-state index in [1.807, 2.05) is 0 Å². The third kappa shape index (κ3) is 3.41. The second kappa shape index (κ2) is 7.17. The Balaban J connectivity index is 1.81. The van der Waals surface area contributed by atoms with E-state index in [1.165, 1.54) is 6.07 Å². The molecule has 134 valence electrons. The van der Waals surface area contributed by atoms with Gasteiger partial charge in [-0.25, -0.2) is 22.0 Å². The van der Waals surface area contributed by atoms with Gasteiger partial charge in [0.15, 0.2) is 23.3 Å². The molecule has 1 N–H and O–H groups in total. The summed E-state index contributed by atoms with van der Waals surface area (Å²) in [6.07, 6.45) is 1.02. The summed E-state index contributed by atoms with van der Waals surface area (Å²) in [6, 6.07) is 9.92. The van der Waals surface area contributed by atoms with Crippen LogP contribution < -0.4 is 5.43 Å². The van der Waals surface area contributed by atoms with E-state index in [0.717, 1.165) is 6.21 Å². The van der Waals surface area contributed by atoms with Crippen LogP contribution in [-0.2, 0) is 0 Å². The number of halogens is 6. The molecule has 3 nitrogen and oxygen atoms in total. The van der Waals surface area contributed by atoms with Gasteiger partial charge in [-0.1, -0.05) is 23.7 Å². The van der Waals surface area contributed by atoms with E-state index in [1.54, 1.807) is 35.8 Å². The smallest absolute Gasteiger partial charge is 0.200 e. The summed E-state index contributed by atoms with van der Waals surface area (Å²) in [6.45, 7) is 0. The minimum atomic E-state index is -2.24. The number of hydrogen-bond donors (Lipinski definition) is 1. The third-order valence-corrected chi connectivity index (χ3v) is 3.55. The Kier molecular flexibility index (Phi) is 4.94. The van der Waals surface area contributed by atoms with Gasteiger partial charge in [-0.3, -0.25) is 5.43 Å². The average molecular weight is 387 g/mol. The lowest BCUT2D eigenvalue weighted by Gasteiger charge is -2.06. The zero-order valence-electron chi connectivity index (χ0n) is 12.7. The molecule has 0 saturated carbocycles. The number of nitrogens with zero attached hydrogens (tertiary/aromatic N) is 1. The van der Waals surface area contributed by atoms with Crippen molar-refractivity contribution < 1.29 is 26.4 Å². The molecule has 0 aliphatic carbocycles. The van der Waals surface area contributed by atoms with Crippen molar-refractivity contribution >= 4 is 23.5 Å². The Morgan fingerprint density at radius 1 is 0.885 bits per heavy atom. The summed E-state index contributed by atoms with van der Waals surface area (Å²) in [5.74, 6) is -9.78. The molecule has 0 unspecified atom stereocenters. The minimum absolute atomic E-state index is 0.177. The van der Waals surface area contributed by atoms with Crippen LogP contribution >= 0.6 is 11.6 Å². The molecule has 26 heavy (non-hydrogen) atoms. The predicted octanol–water partition coefficient (Wildman–Crippen LogP) is 5.74. The molecule has 0 saturated heterocycles. The van der Waals surface area contributed by atoms with E-state index in [0.29, 0.717) is 16.3 Å². The molecule has 0 bridgehead atoms. The first kappa shape index (κ1) is 17.9. The summed E-state index contributed by atoms with van der Waals surface area (Å²) in [4.78, 5) is 0. The molecule has 0 aliphatic heterocycles.